The van der Waals surface area contributed by atoms with E-state index in [1.807, 2.05) is 30.3 Å². The number of hydrogen-bond donors (Lipinski definition) is 1. The lowest BCUT2D eigenvalue weighted by atomic mass is 10.1. The molecular weight excluding hydrogens is 393 g/mol. The third-order valence-corrected chi connectivity index (χ3v) is 3.85. The molecule has 2 aromatic rings. The molecule has 0 atom stereocenters. The maximum Gasteiger partial charge on any atom is 0.147 e. The minimum Gasteiger partial charge on any atom is -0.455 e. The summed E-state index contributed by atoms with van der Waals surface area (Å²) in [4.78, 5) is 0. The van der Waals surface area contributed by atoms with E-state index in [4.69, 9.17) is 22.1 Å². The van der Waals surface area contributed by atoms with Crippen LogP contribution in [0.15, 0.2) is 45.3 Å². The van der Waals surface area contributed by atoms with Gasteiger partial charge in [-0.2, -0.15) is 0 Å². The summed E-state index contributed by atoms with van der Waals surface area (Å²) in [5, 5.41) is 0.574. The lowest BCUT2D eigenvalue weighted by Gasteiger charge is -2.12. The Morgan fingerprint density at radius 2 is 1.68 bits per heavy atom. The van der Waals surface area contributed by atoms with E-state index < -0.39 is 0 Å². The molecule has 2 N–H and O–H groups in total. The third kappa shape index (κ3) is 3.96. The Morgan fingerprint density at radius 3 is 2.42 bits per heavy atom. The van der Waals surface area contributed by atoms with E-state index in [1.54, 1.807) is 6.07 Å². The summed E-state index contributed by atoms with van der Waals surface area (Å²) in [7, 11) is 0. The highest BCUT2D eigenvalue weighted by atomic mass is 79.9. The van der Waals surface area contributed by atoms with Crippen molar-refractivity contribution >= 4 is 43.5 Å². The van der Waals surface area contributed by atoms with Crippen molar-refractivity contribution in [1.29, 1.82) is 0 Å². The Labute approximate surface area is 134 Å². The van der Waals surface area contributed by atoms with Crippen LogP contribution >= 0.6 is 43.5 Å². The van der Waals surface area contributed by atoms with Crippen molar-refractivity contribution < 1.29 is 4.74 Å². The Hall–Kier alpha value is -0.550. The van der Waals surface area contributed by atoms with Crippen LogP contribution < -0.4 is 10.5 Å². The molecule has 0 amide bonds. The summed E-state index contributed by atoms with van der Waals surface area (Å²) in [6.45, 7) is 0.568. The second-order valence-electron chi connectivity index (χ2n) is 3.97. The molecule has 0 aliphatic carbocycles. The summed E-state index contributed by atoms with van der Waals surface area (Å²) in [5.74, 6) is 1.39. The summed E-state index contributed by atoms with van der Waals surface area (Å²) in [5.41, 5.74) is 6.67. The van der Waals surface area contributed by atoms with Crippen LogP contribution in [0.4, 0.5) is 0 Å². The molecule has 0 saturated carbocycles. The van der Waals surface area contributed by atoms with E-state index in [2.05, 4.69) is 31.9 Å². The molecule has 0 aliphatic rings. The fourth-order valence-electron chi connectivity index (χ4n) is 1.67. The van der Waals surface area contributed by atoms with Gasteiger partial charge in [-0.15, -0.1) is 0 Å². The van der Waals surface area contributed by atoms with Crippen molar-refractivity contribution in [3.63, 3.8) is 0 Å². The van der Waals surface area contributed by atoms with E-state index in [0.29, 0.717) is 17.3 Å². The van der Waals surface area contributed by atoms with Gasteiger partial charge in [-0.05, 0) is 54.9 Å². The van der Waals surface area contributed by atoms with Crippen LogP contribution in [-0.2, 0) is 6.42 Å². The quantitative estimate of drug-likeness (QED) is 0.763. The second kappa shape index (κ2) is 6.75. The van der Waals surface area contributed by atoms with E-state index >= 15 is 0 Å². The fourth-order valence-corrected chi connectivity index (χ4v) is 2.58. The molecule has 0 aromatic heterocycles. The molecule has 5 heteroatoms. The first-order valence-corrected chi connectivity index (χ1v) is 7.68. The highest BCUT2D eigenvalue weighted by molar-refractivity contribution is 9.10. The number of halogens is 3. The molecule has 0 unspecified atom stereocenters. The third-order valence-electron chi connectivity index (χ3n) is 2.55. The number of benzene rings is 2. The van der Waals surface area contributed by atoms with Gasteiger partial charge in [-0.1, -0.05) is 43.5 Å². The minimum absolute atomic E-state index is 0.568. The Kier molecular flexibility index (Phi) is 5.28. The molecule has 100 valence electrons. The molecule has 0 spiro atoms. The summed E-state index contributed by atoms with van der Waals surface area (Å²) < 4.78 is 7.81. The van der Waals surface area contributed by atoms with Gasteiger partial charge in [0.25, 0.3) is 0 Å². The van der Waals surface area contributed by atoms with Crippen molar-refractivity contribution in [3.8, 4) is 11.5 Å². The van der Waals surface area contributed by atoms with Gasteiger partial charge in [0.05, 0.1) is 5.02 Å². The van der Waals surface area contributed by atoms with Gasteiger partial charge in [0, 0.05) is 8.95 Å². The van der Waals surface area contributed by atoms with Crippen LogP contribution in [0.1, 0.15) is 5.56 Å². The highest BCUT2D eigenvalue weighted by Crippen LogP contribution is 2.34. The SMILES string of the molecule is NCCc1cc(Br)ccc1Oc1cc(Br)ccc1Cl. The van der Waals surface area contributed by atoms with E-state index in [0.717, 1.165) is 26.7 Å². The van der Waals surface area contributed by atoms with Gasteiger partial charge >= 0.3 is 0 Å². The average molecular weight is 406 g/mol. The normalized spacial score (nSPS) is 10.5. The molecule has 2 aromatic carbocycles. The van der Waals surface area contributed by atoms with Crippen LogP contribution in [0.3, 0.4) is 0 Å². The molecule has 2 nitrogen and oxygen atoms in total. The number of hydrogen-bond acceptors (Lipinski definition) is 2. The molecular formula is C14H12Br2ClNO. The topological polar surface area (TPSA) is 35.2 Å². The molecule has 0 bridgehead atoms. The zero-order valence-electron chi connectivity index (χ0n) is 10.00. The monoisotopic (exact) mass is 403 g/mol. The Bertz CT molecular complexity index is 590. The summed E-state index contributed by atoms with van der Waals surface area (Å²) in [6, 6.07) is 11.4. The van der Waals surface area contributed by atoms with Crippen LogP contribution in [0.25, 0.3) is 0 Å². The number of ether oxygens (including phenoxy) is 1. The standard InChI is InChI=1S/C14H12Br2ClNO/c15-10-2-4-13(9(7-10)5-6-18)19-14-8-11(16)1-3-12(14)17/h1-4,7-8H,5-6,18H2. The maximum atomic E-state index is 6.13. The molecule has 19 heavy (non-hydrogen) atoms. The van der Waals surface area contributed by atoms with Crippen molar-refractivity contribution in [2.24, 2.45) is 5.73 Å². The zero-order chi connectivity index (χ0) is 13.8. The van der Waals surface area contributed by atoms with Crippen LogP contribution in [-0.4, -0.2) is 6.54 Å². The highest BCUT2D eigenvalue weighted by Gasteiger charge is 2.08. The molecule has 0 fully saturated rings. The van der Waals surface area contributed by atoms with Gasteiger partial charge in [0.15, 0.2) is 0 Å². The van der Waals surface area contributed by atoms with Crippen LogP contribution in [0, 0.1) is 0 Å². The lowest BCUT2D eigenvalue weighted by molar-refractivity contribution is 0.476. The van der Waals surface area contributed by atoms with E-state index in [9.17, 15) is 0 Å². The average Bonchev–Trinajstić information content (AvgIpc) is 2.37. The second-order valence-corrected chi connectivity index (χ2v) is 6.21. The first kappa shape index (κ1) is 14.9. The summed E-state index contributed by atoms with van der Waals surface area (Å²) in [6.07, 6.45) is 0.750. The molecule has 0 saturated heterocycles. The summed E-state index contributed by atoms with van der Waals surface area (Å²) >= 11 is 13.0. The van der Waals surface area contributed by atoms with Crippen LogP contribution in [0.5, 0.6) is 11.5 Å². The predicted octanol–water partition coefficient (Wildman–Crippen LogP) is 5.16. The van der Waals surface area contributed by atoms with E-state index in [-0.39, 0.29) is 0 Å². The van der Waals surface area contributed by atoms with Crippen molar-refractivity contribution in [2.75, 3.05) is 6.54 Å². The molecule has 0 radical (unpaired) electrons. The van der Waals surface area contributed by atoms with Crippen molar-refractivity contribution in [1.82, 2.24) is 0 Å². The first-order chi connectivity index (χ1) is 9.10. The molecule has 0 aliphatic heterocycles. The van der Waals surface area contributed by atoms with Crippen molar-refractivity contribution in [3.05, 3.63) is 55.9 Å². The number of nitrogens with two attached hydrogens (primary N) is 1. The van der Waals surface area contributed by atoms with Gasteiger partial charge in [0.1, 0.15) is 11.5 Å². The Balaban J connectivity index is 2.34. The van der Waals surface area contributed by atoms with E-state index in [1.165, 1.54) is 0 Å². The molecule has 2 rings (SSSR count). The first-order valence-electron chi connectivity index (χ1n) is 5.71. The molecule has 0 heterocycles. The minimum atomic E-state index is 0.568. The zero-order valence-corrected chi connectivity index (χ0v) is 13.9. The van der Waals surface area contributed by atoms with Gasteiger partial charge in [-0.25, -0.2) is 0 Å². The van der Waals surface area contributed by atoms with Gasteiger partial charge in [0.2, 0.25) is 0 Å². The van der Waals surface area contributed by atoms with Crippen LogP contribution in [0.2, 0.25) is 5.02 Å². The Morgan fingerprint density at radius 1 is 1.00 bits per heavy atom. The predicted molar refractivity (Wildman–Crippen MR) is 86.1 cm³/mol. The van der Waals surface area contributed by atoms with Crippen molar-refractivity contribution in [2.45, 2.75) is 6.42 Å². The van der Waals surface area contributed by atoms with Gasteiger partial charge < -0.3 is 10.5 Å². The maximum absolute atomic E-state index is 6.13. The number of rotatable bonds is 4. The largest absolute Gasteiger partial charge is 0.455 e. The lowest BCUT2D eigenvalue weighted by Crippen LogP contribution is -2.04. The van der Waals surface area contributed by atoms with Gasteiger partial charge in [-0.3, -0.25) is 0 Å². The smallest absolute Gasteiger partial charge is 0.147 e. The fraction of sp³-hybridized carbons (Fsp3) is 0.143.